The van der Waals surface area contributed by atoms with Crippen molar-refractivity contribution < 1.29 is 4.79 Å². The molecule has 0 heterocycles. The highest BCUT2D eigenvalue weighted by atomic mass is 16.1. The number of allylic oxidation sites excluding steroid dienone is 3. The number of aldehydes is 1. The highest BCUT2D eigenvalue weighted by Gasteiger charge is 2.54. The summed E-state index contributed by atoms with van der Waals surface area (Å²) in [4.78, 5) is 11.8. The Labute approximate surface area is 129 Å². The van der Waals surface area contributed by atoms with Crippen LogP contribution in [0.15, 0.2) is 24.3 Å². The molecule has 0 aromatic heterocycles. The van der Waals surface area contributed by atoms with Crippen LogP contribution in [0.5, 0.6) is 0 Å². The normalized spacial score (nSPS) is 49.6. The molecule has 0 N–H and O–H groups in total. The molecule has 0 radical (unpaired) electrons. The van der Waals surface area contributed by atoms with Crippen LogP contribution in [-0.2, 0) is 4.79 Å². The molecule has 2 unspecified atom stereocenters. The molecule has 2 fully saturated rings. The summed E-state index contributed by atoms with van der Waals surface area (Å²) >= 11 is 0. The molecule has 3 aliphatic carbocycles. The van der Waals surface area contributed by atoms with Crippen LogP contribution < -0.4 is 0 Å². The molecule has 0 aromatic carbocycles. The Morgan fingerprint density at radius 3 is 2.67 bits per heavy atom. The predicted molar refractivity (Wildman–Crippen MR) is 88.0 cm³/mol. The monoisotopic (exact) mass is 286 g/mol. The van der Waals surface area contributed by atoms with Gasteiger partial charge in [-0.15, -0.1) is 6.58 Å². The van der Waals surface area contributed by atoms with Crippen molar-refractivity contribution in [2.24, 2.45) is 28.1 Å². The van der Waals surface area contributed by atoms with Gasteiger partial charge in [-0.2, -0.15) is 0 Å². The van der Waals surface area contributed by atoms with Gasteiger partial charge in [0.05, 0.1) is 0 Å². The fraction of sp³-hybridized carbons (Fsp3) is 0.750. The second-order valence-electron chi connectivity index (χ2n) is 8.65. The van der Waals surface area contributed by atoms with E-state index in [1.807, 2.05) is 0 Å². The van der Waals surface area contributed by atoms with Crippen LogP contribution in [0, 0.1) is 28.1 Å². The highest BCUT2D eigenvalue weighted by molar-refractivity contribution is 5.60. The highest BCUT2D eigenvalue weighted by Crippen LogP contribution is 2.63. The van der Waals surface area contributed by atoms with Crippen molar-refractivity contribution in [2.45, 2.75) is 65.7 Å². The van der Waals surface area contributed by atoms with Crippen LogP contribution in [-0.4, -0.2) is 6.29 Å². The third-order valence-corrected chi connectivity index (χ3v) is 7.14. The van der Waals surface area contributed by atoms with Crippen molar-refractivity contribution >= 4 is 6.29 Å². The lowest BCUT2D eigenvalue weighted by molar-refractivity contribution is -0.126. The molecule has 0 saturated heterocycles. The Morgan fingerprint density at radius 2 is 2.00 bits per heavy atom. The quantitative estimate of drug-likeness (QED) is 0.496. The van der Waals surface area contributed by atoms with Gasteiger partial charge in [-0.05, 0) is 61.2 Å². The van der Waals surface area contributed by atoms with Gasteiger partial charge in [-0.1, -0.05) is 44.9 Å². The first-order valence-electron chi connectivity index (χ1n) is 8.67. The van der Waals surface area contributed by atoms with Gasteiger partial charge >= 0.3 is 0 Å². The fourth-order valence-corrected chi connectivity index (χ4v) is 5.81. The van der Waals surface area contributed by atoms with E-state index in [0.717, 1.165) is 18.8 Å². The molecule has 2 saturated carbocycles. The molecule has 0 spiro atoms. The zero-order chi connectivity index (χ0) is 15.3. The Morgan fingerprint density at radius 1 is 1.24 bits per heavy atom. The van der Waals surface area contributed by atoms with E-state index in [-0.39, 0.29) is 16.2 Å². The predicted octanol–water partition coefficient (Wildman–Crippen LogP) is 5.32. The molecule has 5 atom stereocenters. The first kappa shape index (κ1) is 15.1. The van der Waals surface area contributed by atoms with Crippen molar-refractivity contribution in [3.05, 3.63) is 24.3 Å². The third-order valence-electron chi connectivity index (χ3n) is 7.14. The van der Waals surface area contributed by atoms with Crippen molar-refractivity contribution in [1.29, 1.82) is 0 Å². The van der Waals surface area contributed by atoms with Crippen molar-refractivity contribution in [2.75, 3.05) is 0 Å². The molecule has 0 aromatic rings. The van der Waals surface area contributed by atoms with E-state index in [0.29, 0.717) is 5.92 Å². The molecule has 0 bridgehead atoms. The standard InChI is InChI=1S/C20H30O/c1-5-18(2)12-9-16-15(13-18)7-8-17-19(3,14-21)10-6-11-20(16,17)4/h5,9,14-15,17H,1,6-8,10-13H2,2-4H3/t15?,17?,18-,19-,20-/m1/s1. The summed E-state index contributed by atoms with van der Waals surface area (Å²) in [6, 6.07) is 0. The maximum Gasteiger partial charge on any atom is 0.126 e. The van der Waals surface area contributed by atoms with Gasteiger partial charge < -0.3 is 4.79 Å². The van der Waals surface area contributed by atoms with E-state index in [1.165, 1.54) is 38.4 Å². The Kier molecular flexibility index (Phi) is 3.46. The Bertz CT molecular complexity index is 490. The number of hydrogen-bond donors (Lipinski definition) is 0. The van der Waals surface area contributed by atoms with Gasteiger partial charge in [-0.25, -0.2) is 0 Å². The van der Waals surface area contributed by atoms with Gasteiger partial charge in [0.15, 0.2) is 0 Å². The summed E-state index contributed by atoms with van der Waals surface area (Å²) in [6.07, 6.45) is 14.4. The van der Waals surface area contributed by atoms with Gasteiger partial charge in [0, 0.05) is 5.41 Å². The first-order chi connectivity index (χ1) is 9.87. The minimum absolute atomic E-state index is 0.0992. The molecule has 1 heteroatoms. The average Bonchev–Trinajstić information content (AvgIpc) is 2.46. The summed E-state index contributed by atoms with van der Waals surface area (Å²) in [6.45, 7) is 11.1. The summed E-state index contributed by atoms with van der Waals surface area (Å²) in [5, 5.41) is 0. The van der Waals surface area contributed by atoms with Crippen LogP contribution in [0.4, 0.5) is 0 Å². The maximum absolute atomic E-state index is 11.8. The number of hydrogen-bond acceptors (Lipinski definition) is 1. The molecule has 3 rings (SSSR count). The largest absolute Gasteiger partial charge is 0.303 e. The third kappa shape index (κ3) is 2.15. The van der Waals surface area contributed by atoms with E-state index in [1.54, 1.807) is 5.57 Å². The number of carbonyl (C=O) groups is 1. The lowest BCUT2D eigenvalue weighted by atomic mass is 9.46. The maximum atomic E-state index is 11.8. The van der Waals surface area contributed by atoms with Crippen molar-refractivity contribution in [3.63, 3.8) is 0 Å². The molecule has 21 heavy (non-hydrogen) atoms. The molecule has 116 valence electrons. The molecule has 3 aliphatic rings. The average molecular weight is 286 g/mol. The fourth-order valence-electron chi connectivity index (χ4n) is 5.81. The van der Waals surface area contributed by atoms with E-state index in [9.17, 15) is 4.79 Å². The van der Waals surface area contributed by atoms with Gasteiger partial charge in [0.25, 0.3) is 0 Å². The summed E-state index contributed by atoms with van der Waals surface area (Å²) < 4.78 is 0. The van der Waals surface area contributed by atoms with Crippen LogP contribution >= 0.6 is 0 Å². The first-order valence-corrected chi connectivity index (χ1v) is 8.67. The van der Waals surface area contributed by atoms with Gasteiger partial charge in [0.2, 0.25) is 0 Å². The Hall–Kier alpha value is -0.850. The summed E-state index contributed by atoms with van der Waals surface area (Å²) in [5.74, 6) is 1.27. The van der Waals surface area contributed by atoms with Crippen LogP contribution in [0.25, 0.3) is 0 Å². The van der Waals surface area contributed by atoms with E-state index < -0.39 is 0 Å². The summed E-state index contributed by atoms with van der Waals surface area (Å²) in [5.41, 5.74) is 2.13. The van der Waals surface area contributed by atoms with E-state index in [2.05, 4.69) is 39.5 Å². The number of fused-ring (bicyclic) bond motifs is 3. The molecule has 0 aliphatic heterocycles. The Balaban J connectivity index is 1.98. The summed E-state index contributed by atoms with van der Waals surface area (Å²) in [7, 11) is 0. The number of rotatable bonds is 2. The molecular formula is C20H30O. The van der Waals surface area contributed by atoms with Crippen molar-refractivity contribution in [3.8, 4) is 0 Å². The van der Waals surface area contributed by atoms with E-state index in [4.69, 9.17) is 0 Å². The van der Waals surface area contributed by atoms with Crippen LogP contribution in [0.2, 0.25) is 0 Å². The second-order valence-corrected chi connectivity index (χ2v) is 8.65. The van der Waals surface area contributed by atoms with E-state index >= 15 is 0 Å². The molecule has 0 amide bonds. The lowest BCUT2D eigenvalue weighted by Gasteiger charge is -2.58. The zero-order valence-electron chi connectivity index (χ0n) is 14.0. The van der Waals surface area contributed by atoms with Crippen LogP contribution in [0.3, 0.4) is 0 Å². The number of carbonyl (C=O) groups excluding carboxylic acids is 1. The van der Waals surface area contributed by atoms with Gasteiger partial charge in [0.1, 0.15) is 6.29 Å². The topological polar surface area (TPSA) is 17.1 Å². The van der Waals surface area contributed by atoms with Gasteiger partial charge in [-0.3, -0.25) is 0 Å². The van der Waals surface area contributed by atoms with Crippen molar-refractivity contribution in [1.82, 2.24) is 0 Å². The lowest BCUT2D eigenvalue weighted by Crippen LogP contribution is -2.50. The molecular weight excluding hydrogens is 256 g/mol. The smallest absolute Gasteiger partial charge is 0.126 e. The second kappa shape index (κ2) is 4.83. The minimum atomic E-state index is -0.0992. The zero-order valence-corrected chi connectivity index (χ0v) is 14.0. The SMILES string of the molecule is C=C[C@]1(C)CC=C2C(CCC3[C@@](C)(C=O)CCC[C@]23C)C1. The minimum Gasteiger partial charge on any atom is -0.303 e. The molecule has 1 nitrogen and oxygen atoms in total. The van der Waals surface area contributed by atoms with Crippen LogP contribution in [0.1, 0.15) is 65.7 Å².